The predicted octanol–water partition coefficient (Wildman–Crippen LogP) is 3.88. The van der Waals surface area contributed by atoms with Gasteiger partial charge in [-0.05, 0) is 50.2 Å². The Labute approximate surface area is 111 Å². The van der Waals surface area contributed by atoms with Crippen LogP contribution in [0.2, 0.25) is 5.02 Å². The molecule has 2 aromatic rings. The number of aryl methyl sites for hydroxylation is 1. The second kappa shape index (κ2) is 5.55. The SMILES string of the molecule is CNC(Cc1cc(Cl)ccc1F)c1coc(C)c1. The molecule has 1 atom stereocenters. The van der Waals surface area contributed by atoms with Gasteiger partial charge in [0.05, 0.1) is 6.26 Å². The highest BCUT2D eigenvalue weighted by molar-refractivity contribution is 6.30. The molecular formula is C14H15ClFNO. The second-order valence-electron chi connectivity index (χ2n) is 4.27. The van der Waals surface area contributed by atoms with E-state index in [4.69, 9.17) is 16.0 Å². The molecule has 96 valence electrons. The molecule has 0 aliphatic carbocycles. The van der Waals surface area contributed by atoms with E-state index in [0.29, 0.717) is 17.0 Å². The van der Waals surface area contributed by atoms with Crippen LogP contribution >= 0.6 is 11.6 Å². The highest BCUT2D eigenvalue weighted by Crippen LogP contribution is 2.23. The molecule has 1 aromatic heterocycles. The van der Waals surface area contributed by atoms with Gasteiger partial charge >= 0.3 is 0 Å². The Hall–Kier alpha value is -1.32. The van der Waals surface area contributed by atoms with E-state index in [0.717, 1.165) is 11.3 Å². The summed E-state index contributed by atoms with van der Waals surface area (Å²) in [7, 11) is 1.84. The van der Waals surface area contributed by atoms with E-state index in [2.05, 4.69) is 5.32 Å². The third-order valence-corrected chi connectivity index (χ3v) is 3.17. The lowest BCUT2D eigenvalue weighted by Crippen LogP contribution is -2.18. The zero-order valence-corrected chi connectivity index (χ0v) is 11.1. The summed E-state index contributed by atoms with van der Waals surface area (Å²) in [6, 6.07) is 6.56. The molecule has 0 spiro atoms. The Bertz CT molecular complexity index is 538. The summed E-state index contributed by atoms with van der Waals surface area (Å²) in [5, 5.41) is 3.70. The maximum absolute atomic E-state index is 13.7. The average Bonchev–Trinajstić information content (AvgIpc) is 2.77. The molecule has 2 nitrogen and oxygen atoms in total. The predicted molar refractivity (Wildman–Crippen MR) is 70.4 cm³/mol. The van der Waals surface area contributed by atoms with Crippen molar-refractivity contribution < 1.29 is 8.81 Å². The molecule has 1 N–H and O–H groups in total. The normalized spacial score (nSPS) is 12.7. The number of halogens is 2. The summed E-state index contributed by atoms with van der Waals surface area (Å²) < 4.78 is 19.0. The molecule has 2 rings (SSSR count). The van der Waals surface area contributed by atoms with Crippen molar-refractivity contribution in [1.82, 2.24) is 5.32 Å². The molecule has 18 heavy (non-hydrogen) atoms. The number of furan rings is 1. The zero-order chi connectivity index (χ0) is 13.1. The zero-order valence-electron chi connectivity index (χ0n) is 10.3. The monoisotopic (exact) mass is 267 g/mol. The first-order valence-electron chi connectivity index (χ1n) is 5.76. The summed E-state index contributed by atoms with van der Waals surface area (Å²) >= 11 is 5.89. The second-order valence-corrected chi connectivity index (χ2v) is 4.71. The summed E-state index contributed by atoms with van der Waals surface area (Å²) in [4.78, 5) is 0. The van der Waals surface area contributed by atoms with Gasteiger partial charge in [-0.2, -0.15) is 0 Å². The van der Waals surface area contributed by atoms with Crippen molar-refractivity contribution in [3.8, 4) is 0 Å². The molecule has 1 unspecified atom stereocenters. The maximum atomic E-state index is 13.7. The third-order valence-electron chi connectivity index (χ3n) is 2.93. The van der Waals surface area contributed by atoms with E-state index in [1.165, 1.54) is 6.07 Å². The van der Waals surface area contributed by atoms with Crippen molar-refractivity contribution >= 4 is 11.6 Å². The minimum absolute atomic E-state index is 0.00965. The standard InChI is InChI=1S/C14H15ClFNO/c1-9-5-11(8-18-9)14(17-2)7-10-6-12(15)3-4-13(10)16/h3-6,8,14,17H,7H2,1-2H3. The number of hydrogen-bond acceptors (Lipinski definition) is 2. The summed E-state index contributed by atoms with van der Waals surface area (Å²) in [5.41, 5.74) is 1.61. The van der Waals surface area contributed by atoms with Crippen LogP contribution in [0.3, 0.4) is 0 Å². The molecule has 4 heteroatoms. The van der Waals surface area contributed by atoms with Crippen molar-refractivity contribution in [1.29, 1.82) is 0 Å². The van der Waals surface area contributed by atoms with Gasteiger partial charge < -0.3 is 9.73 Å². The van der Waals surface area contributed by atoms with Gasteiger partial charge in [0.25, 0.3) is 0 Å². The van der Waals surface area contributed by atoms with Gasteiger partial charge in [-0.1, -0.05) is 11.6 Å². The molecule has 0 aliphatic rings. The van der Waals surface area contributed by atoms with Gasteiger partial charge in [0.2, 0.25) is 0 Å². The smallest absolute Gasteiger partial charge is 0.126 e. The molecule has 0 fully saturated rings. The lowest BCUT2D eigenvalue weighted by Gasteiger charge is -2.15. The minimum Gasteiger partial charge on any atom is -0.469 e. The van der Waals surface area contributed by atoms with Crippen LogP contribution in [0.5, 0.6) is 0 Å². The summed E-state index contributed by atoms with van der Waals surface area (Å²) in [6.07, 6.45) is 2.22. The van der Waals surface area contributed by atoms with Gasteiger partial charge in [0.1, 0.15) is 11.6 Å². The Kier molecular flexibility index (Phi) is 4.04. The van der Waals surface area contributed by atoms with Crippen LogP contribution in [-0.2, 0) is 6.42 Å². The van der Waals surface area contributed by atoms with Gasteiger partial charge in [0.15, 0.2) is 0 Å². The fourth-order valence-electron chi connectivity index (χ4n) is 1.95. The van der Waals surface area contributed by atoms with Crippen molar-refractivity contribution in [2.45, 2.75) is 19.4 Å². The van der Waals surface area contributed by atoms with E-state index in [-0.39, 0.29) is 11.9 Å². The molecule has 0 saturated heterocycles. The Morgan fingerprint density at radius 1 is 1.39 bits per heavy atom. The van der Waals surface area contributed by atoms with Gasteiger partial charge in [0, 0.05) is 16.6 Å². The number of likely N-dealkylation sites (N-methyl/N-ethyl adjacent to an activating group) is 1. The van der Waals surface area contributed by atoms with Gasteiger partial charge in [-0.25, -0.2) is 4.39 Å². The number of nitrogens with one attached hydrogen (secondary N) is 1. The van der Waals surface area contributed by atoms with E-state index in [1.807, 2.05) is 20.0 Å². The average molecular weight is 268 g/mol. The fraction of sp³-hybridized carbons (Fsp3) is 0.286. The fourth-order valence-corrected chi connectivity index (χ4v) is 2.15. The Morgan fingerprint density at radius 3 is 2.78 bits per heavy atom. The largest absolute Gasteiger partial charge is 0.469 e. The molecule has 0 radical (unpaired) electrons. The molecule has 1 heterocycles. The van der Waals surface area contributed by atoms with E-state index >= 15 is 0 Å². The van der Waals surface area contributed by atoms with Crippen LogP contribution < -0.4 is 5.32 Å². The van der Waals surface area contributed by atoms with Crippen LogP contribution in [0, 0.1) is 12.7 Å². The van der Waals surface area contributed by atoms with Crippen LogP contribution in [0.4, 0.5) is 4.39 Å². The van der Waals surface area contributed by atoms with Crippen molar-refractivity contribution in [2.24, 2.45) is 0 Å². The summed E-state index contributed by atoms with van der Waals surface area (Å²) in [5.74, 6) is 0.608. The molecule has 0 amide bonds. The van der Waals surface area contributed by atoms with Crippen molar-refractivity contribution in [3.05, 3.63) is 58.3 Å². The van der Waals surface area contributed by atoms with Crippen LogP contribution in [0.1, 0.15) is 22.9 Å². The molecule has 0 bridgehead atoms. The summed E-state index contributed by atoms with van der Waals surface area (Å²) in [6.45, 7) is 1.89. The first kappa shape index (κ1) is 13.1. The first-order chi connectivity index (χ1) is 8.60. The highest BCUT2D eigenvalue weighted by Gasteiger charge is 2.15. The number of hydrogen-bond donors (Lipinski definition) is 1. The lowest BCUT2D eigenvalue weighted by molar-refractivity contribution is 0.516. The van der Waals surface area contributed by atoms with Crippen LogP contribution in [-0.4, -0.2) is 7.05 Å². The topological polar surface area (TPSA) is 25.2 Å². The highest BCUT2D eigenvalue weighted by atomic mass is 35.5. The number of rotatable bonds is 4. The Balaban J connectivity index is 2.22. The maximum Gasteiger partial charge on any atom is 0.126 e. The molecule has 1 aromatic carbocycles. The van der Waals surface area contributed by atoms with E-state index < -0.39 is 0 Å². The van der Waals surface area contributed by atoms with E-state index in [1.54, 1.807) is 18.4 Å². The molecule has 0 saturated carbocycles. The minimum atomic E-state index is -0.236. The van der Waals surface area contributed by atoms with Crippen molar-refractivity contribution in [3.63, 3.8) is 0 Å². The molecular weight excluding hydrogens is 253 g/mol. The molecule has 0 aliphatic heterocycles. The third kappa shape index (κ3) is 2.92. The van der Waals surface area contributed by atoms with Crippen LogP contribution in [0.25, 0.3) is 0 Å². The first-order valence-corrected chi connectivity index (χ1v) is 6.14. The number of benzene rings is 1. The quantitative estimate of drug-likeness (QED) is 0.909. The lowest BCUT2D eigenvalue weighted by atomic mass is 10.0. The Morgan fingerprint density at radius 2 is 2.17 bits per heavy atom. The van der Waals surface area contributed by atoms with E-state index in [9.17, 15) is 4.39 Å². The van der Waals surface area contributed by atoms with Gasteiger partial charge in [-0.15, -0.1) is 0 Å². The van der Waals surface area contributed by atoms with Crippen LogP contribution in [0.15, 0.2) is 34.9 Å². The van der Waals surface area contributed by atoms with Crippen molar-refractivity contribution in [2.75, 3.05) is 7.05 Å². The van der Waals surface area contributed by atoms with Gasteiger partial charge in [-0.3, -0.25) is 0 Å².